The van der Waals surface area contributed by atoms with Crippen molar-refractivity contribution in [3.05, 3.63) is 35.6 Å². The highest BCUT2D eigenvalue weighted by Gasteiger charge is 2.22. The summed E-state index contributed by atoms with van der Waals surface area (Å²) in [5.41, 5.74) is 0.417. The van der Waals surface area contributed by atoms with Gasteiger partial charge in [0.05, 0.1) is 11.7 Å². The van der Waals surface area contributed by atoms with E-state index in [0.29, 0.717) is 12.0 Å². The molecule has 0 fully saturated rings. The second-order valence-corrected chi connectivity index (χ2v) is 6.69. The van der Waals surface area contributed by atoms with Crippen molar-refractivity contribution >= 4 is 15.8 Å². The zero-order chi connectivity index (χ0) is 14.5. The van der Waals surface area contributed by atoms with E-state index in [-0.39, 0.29) is 17.9 Å². The van der Waals surface area contributed by atoms with E-state index in [1.807, 2.05) is 0 Å². The fraction of sp³-hybridized carbons (Fsp3) is 0.462. The zero-order valence-corrected chi connectivity index (χ0v) is 11.5. The summed E-state index contributed by atoms with van der Waals surface area (Å²) in [7, 11) is -3.21. The van der Waals surface area contributed by atoms with E-state index in [1.54, 1.807) is 6.92 Å². The normalized spacial score (nSPS) is 13.2. The van der Waals surface area contributed by atoms with Gasteiger partial charge >= 0.3 is 5.97 Å². The van der Waals surface area contributed by atoms with Gasteiger partial charge in [-0.15, -0.1) is 0 Å². The van der Waals surface area contributed by atoms with Gasteiger partial charge in [-0.2, -0.15) is 0 Å². The van der Waals surface area contributed by atoms with Crippen LogP contribution in [0.3, 0.4) is 0 Å². The Bertz CT molecular complexity index is 522. The molecule has 0 bridgehead atoms. The molecule has 1 rings (SSSR count). The maximum absolute atomic E-state index is 12.8. The van der Waals surface area contributed by atoms with Crippen LogP contribution in [0.2, 0.25) is 0 Å². The summed E-state index contributed by atoms with van der Waals surface area (Å²) in [6.07, 6.45) is 0.514. The highest BCUT2D eigenvalue weighted by atomic mass is 32.2. The lowest BCUT2D eigenvalue weighted by Gasteiger charge is -2.12. The summed E-state index contributed by atoms with van der Waals surface area (Å²) in [5, 5.41) is 9.13. The van der Waals surface area contributed by atoms with E-state index >= 15 is 0 Å². The van der Waals surface area contributed by atoms with Gasteiger partial charge in [-0.1, -0.05) is 19.1 Å². The first-order valence-electron chi connectivity index (χ1n) is 6.04. The molecule has 4 nitrogen and oxygen atoms in total. The highest BCUT2D eigenvalue weighted by Crippen LogP contribution is 2.21. The maximum atomic E-state index is 12.8. The Labute approximate surface area is 112 Å². The van der Waals surface area contributed by atoms with Crippen LogP contribution >= 0.6 is 0 Å². The lowest BCUT2D eigenvalue weighted by Crippen LogP contribution is -2.18. The number of halogens is 1. The third kappa shape index (κ3) is 4.98. The van der Waals surface area contributed by atoms with Crippen LogP contribution in [0.1, 0.15) is 31.2 Å². The third-order valence-electron chi connectivity index (χ3n) is 2.80. The van der Waals surface area contributed by atoms with Crippen LogP contribution in [0, 0.1) is 5.82 Å². The molecule has 1 unspecified atom stereocenters. The lowest BCUT2D eigenvalue weighted by molar-refractivity contribution is -0.138. The van der Waals surface area contributed by atoms with E-state index < -0.39 is 27.5 Å². The number of aliphatic carboxylic acids is 1. The number of carbonyl (C=O) groups is 1. The Balaban J connectivity index is 2.80. The summed E-state index contributed by atoms with van der Waals surface area (Å²) in [6.45, 7) is 1.76. The second kappa shape index (κ2) is 6.65. The van der Waals surface area contributed by atoms with Crippen molar-refractivity contribution < 1.29 is 22.7 Å². The lowest BCUT2D eigenvalue weighted by atomic mass is 9.97. The molecule has 0 saturated heterocycles. The first-order valence-corrected chi connectivity index (χ1v) is 7.86. The van der Waals surface area contributed by atoms with Crippen LogP contribution < -0.4 is 0 Å². The van der Waals surface area contributed by atoms with Gasteiger partial charge in [0.15, 0.2) is 0 Å². The molecule has 0 saturated carbocycles. The number of sulfone groups is 1. The van der Waals surface area contributed by atoms with Crippen molar-refractivity contribution in [1.82, 2.24) is 0 Å². The van der Waals surface area contributed by atoms with Gasteiger partial charge in [0.1, 0.15) is 15.7 Å². The zero-order valence-electron chi connectivity index (χ0n) is 10.7. The molecule has 0 aliphatic rings. The van der Waals surface area contributed by atoms with Crippen molar-refractivity contribution in [1.29, 1.82) is 0 Å². The maximum Gasteiger partial charge on any atom is 0.311 e. The van der Waals surface area contributed by atoms with Gasteiger partial charge in [-0.25, -0.2) is 12.8 Å². The van der Waals surface area contributed by atoms with Crippen molar-refractivity contribution in [3.8, 4) is 0 Å². The van der Waals surface area contributed by atoms with E-state index in [4.69, 9.17) is 5.11 Å². The van der Waals surface area contributed by atoms with Crippen LogP contribution in [0.25, 0.3) is 0 Å². The van der Waals surface area contributed by atoms with Crippen LogP contribution in [-0.2, 0) is 14.6 Å². The Morgan fingerprint density at radius 3 is 2.32 bits per heavy atom. The topological polar surface area (TPSA) is 71.4 Å². The molecular weight excluding hydrogens is 271 g/mol. The summed E-state index contributed by atoms with van der Waals surface area (Å²) < 4.78 is 36.0. The van der Waals surface area contributed by atoms with Gasteiger partial charge in [0, 0.05) is 5.75 Å². The van der Waals surface area contributed by atoms with Crippen molar-refractivity contribution in [3.63, 3.8) is 0 Å². The smallest absolute Gasteiger partial charge is 0.311 e. The molecule has 0 amide bonds. The number of rotatable bonds is 7. The van der Waals surface area contributed by atoms with Crippen LogP contribution in [0.5, 0.6) is 0 Å². The summed E-state index contributed by atoms with van der Waals surface area (Å²) in [4.78, 5) is 11.2. The Morgan fingerprint density at radius 2 is 1.84 bits per heavy atom. The molecule has 0 aliphatic heterocycles. The third-order valence-corrected chi connectivity index (χ3v) is 4.69. The predicted octanol–water partition coefficient (Wildman–Crippen LogP) is 2.21. The van der Waals surface area contributed by atoms with Crippen molar-refractivity contribution in [2.75, 3.05) is 11.5 Å². The second-order valence-electron chi connectivity index (χ2n) is 4.38. The van der Waals surface area contributed by atoms with Crippen molar-refractivity contribution in [2.45, 2.75) is 25.7 Å². The number of carboxylic acid groups (broad SMARTS) is 1. The molecule has 0 radical (unpaired) electrons. The quantitative estimate of drug-likeness (QED) is 0.835. The SMILES string of the molecule is CCCS(=O)(=O)CCC(C(=O)O)c1ccc(F)cc1. The fourth-order valence-corrected chi connectivity index (χ4v) is 3.26. The molecule has 0 heterocycles. The molecule has 1 aromatic carbocycles. The molecule has 19 heavy (non-hydrogen) atoms. The minimum atomic E-state index is -3.21. The Morgan fingerprint density at radius 1 is 1.26 bits per heavy atom. The molecular formula is C13H17FO4S. The molecule has 1 N–H and O–H groups in total. The largest absolute Gasteiger partial charge is 0.481 e. The van der Waals surface area contributed by atoms with E-state index in [2.05, 4.69) is 0 Å². The summed E-state index contributed by atoms with van der Waals surface area (Å²) in [6, 6.07) is 5.10. The predicted molar refractivity (Wildman–Crippen MR) is 70.3 cm³/mol. The average Bonchev–Trinajstić information content (AvgIpc) is 2.31. The molecule has 0 spiro atoms. The monoisotopic (exact) mass is 288 g/mol. The molecule has 6 heteroatoms. The molecule has 1 aromatic rings. The molecule has 0 aliphatic carbocycles. The van der Waals surface area contributed by atoms with E-state index in [9.17, 15) is 17.6 Å². The van der Waals surface area contributed by atoms with Gasteiger partial charge in [-0.05, 0) is 30.5 Å². The van der Waals surface area contributed by atoms with Gasteiger partial charge in [0.25, 0.3) is 0 Å². The first-order chi connectivity index (χ1) is 8.85. The average molecular weight is 288 g/mol. The Hall–Kier alpha value is -1.43. The summed E-state index contributed by atoms with van der Waals surface area (Å²) in [5.74, 6) is -2.59. The number of carboxylic acids is 1. The molecule has 0 aromatic heterocycles. The number of hydrogen-bond acceptors (Lipinski definition) is 3. The Kier molecular flexibility index (Phi) is 5.47. The minimum absolute atomic E-state index is 0.00327. The first kappa shape index (κ1) is 15.6. The van der Waals surface area contributed by atoms with Gasteiger partial charge in [-0.3, -0.25) is 4.79 Å². The van der Waals surface area contributed by atoms with Crippen LogP contribution in [0.4, 0.5) is 4.39 Å². The van der Waals surface area contributed by atoms with Gasteiger partial charge < -0.3 is 5.11 Å². The standard InChI is InChI=1S/C13H17FO4S/c1-2-8-19(17,18)9-7-12(13(15)16)10-3-5-11(14)6-4-10/h3-6,12H,2,7-9H2,1H3,(H,15,16). The minimum Gasteiger partial charge on any atom is -0.481 e. The van der Waals surface area contributed by atoms with Crippen LogP contribution in [-0.4, -0.2) is 31.0 Å². The van der Waals surface area contributed by atoms with Gasteiger partial charge in [0.2, 0.25) is 0 Å². The van der Waals surface area contributed by atoms with E-state index in [0.717, 1.165) is 0 Å². The fourth-order valence-electron chi connectivity index (χ4n) is 1.84. The number of hydrogen-bond donors (Lipinski definition) is 1. The molecule has 106 valence electrons. The van der Waals surface area contributed by atoms with Crippen LogP contribution in [0.15, 0.2) is 24.3 Å². The highest BCUT2D eigenvalue weighted by molar-refractivity contribution is 7.91. The molecule has 1 atom stereocenters. The van der Waals surface area contributed by atoms with E-state index in [1.165, 1.54) is 24.3 Å². The van der Waals surface area contributed by atoms with Crippen molar-refractivity contribution in [2.24, 2.45) is 0 Å². The summed E-state index contributed by atoms with van der Waals surface area (Å²) >= 11 is 0. The number of benzene rings is 1.